The third kappa shape index (κ3) is 5.71. The molecule has 5 rings (SSSR count). The molecule has 1 aliphatic rings. The summed E-state index contributed by atoms with van der Waals surface area (Å²) in [6.45, 7) is 10.7. The van der Waals surface area contributed by atoms with Crippen molar-refractivity contribution < 1.29 is 9.32 Å². The lowest BCUT2D eigenvalue weighted by Gasteiger charge is -2.28. The summed E-state index contributed by atoms with van der Waals surface area (Å²) in [4.78, 5) is 31.0. The Hall–Kier alpha value is -4.01. The number of benzene rings is 1. The van der Waals surface area contributed by atoms with Crippen LogP contribution in [0, 0.1) is 6.92 Å². The van der Waals surface area contributed by atoms with Gasteiger partial charge in [0.25, 0.3) is 5.71 Å². The number of hydrogen-bond donors (Lipinski definition) is 1. The molecule has 1 fully saturated rings. The number of rotatable bonds is 4. The summed E-state index contributed by atoms with van der Waals surface area (Å²) in [5.41, 5.74) is 4.03. The average Bonchev–Trinajstić information content (AvgIpc) is 3.13. The Morgan fingerprint density at radius 1 is 1.05 bits per heavy atom. The lowest BCUT2D eigenvalue weighted by atomic mass is 10.1. The lowest BCUT2D eigenvalue weighted by molar-refractivity contribution is 0.192. The first-order valence-electron chi connectivity index (χ1n) is 12.7. The highest BCUT2D eigenvalue weighted by molar-refractivity contribution is 5.98. The molecule has 192 valence electrons. The number of fused-ring (bicyclic) bond motifs is 1. The van der Waals surface area contributed by atoms with Gasteiger partial charge in [-0.15, -0.1) is 0 Å². The molecule has 4 aromatic rings. The molecule has 0 atom stereocenters. The number of carbonyl (C=O) groups excluding carboxylic acids is 1. The fraction of sp³-hybridized carbons (Fsp3) is 0.393. The van der Waals surface area contributed by atoms with Gasteiger partial charge in [0.15, 0.2) is 0 Å². The van der Waals surface area contributed by atoms with Gasteiger partial charge in [-0.25, -0.2) is 9.78 Å². The van der Waals surface area contributed by atoms with Crippen molar-refractivity contribution in [3.63, 3.8) is 0 Å². The molecule has 0 radical (unpaired) electrons. The maximum atomic E-state index is 12.8. The van der Waals surface area contributed by atoms with Crippen LogP contribution in [0.5, 0.6) is 0 Å². The fourth-order valence-electron chi connectivity index (χ4n) is 4.51. The predicted molar refractivity (Wildman–Crippen MR) is 144 cm³/mol. The molecule has 3 aromatic heterocycles. The van der Waals surface area contributed by atoms with Crippen molar-refractivity contribution >= 4 is 22.9 Å². The Balaban J connectivity index is 1.51. The van der Waals surface area contributed by atoms with Crippen LogP contribution in [0.15, 0.2) is 53.3 Å². The summed E-state index contributed by atoms with van der Waals surface area (Å²) in [5.74, 6) is 1.46. The van der Waals surface area contributed by atoms with Crippen molar-refractivity contribution in [1.29, 1.82) is 0 Å². The summed E-state index contributed by atoms with van der Waals surface area (Å²) in [7, 11) is 0. The van der Waals surface area contributed by atoms with Gasteiger partial charge in [0.2, 0.25) is 0 Å². The van der Waals surface area contributed by atoms with E-state index >= 15 is 0 Å². The molecule has 1 aromatic carbocycles. The lowest BCUT2D eigenvalue weighted by Crippen LogP contribution is -2.49. The van der Waals surface area contributed by atoms with E-state index in [1.807, 2.05) is 37.8 Å². The van der Waals surface area contributed by atoms with Crippen LogP contribution in [0.3, 0.4) is 0 Å². The molecule has 9 nitrogen and oxygen atoms in total. The molecule has 0 spiro atoms. The number of anilines is 1. The third-order valence-electron chi connectivity index (χ3n) is 6.35. The van der Waals surface area contributed by atoms with Gasteiger partial charge in [0.05, 0.1) is 0 Å². The van der Waals surface area contributed by atoms with Crippen LogP contribution in [-0.2, 0) is 6.42 Å². The number of nitrogens with one attached hydrogen (secondary N) is 1. The highest BCUT2D eigenvalue weighted by Crippen LogP contribution is 2.34. The van der Waals surface area contributed by atoms with E-state index in [1.54, 1.807) is 12.4 Å². The zero-order chi connectivity index (χ0) is 26.0. The molecule has 1 N–H and O–H groups in total. The van der Waals surface area contributed by atoms with Crippen molar-refractivity contribution in [2.45, 2.75) is 46.1 Å². The SMILES string of the molecule is Cc1ccc(Cc2nc(N3CCCN(C(=O)NC(C)(C)C)CC3)c3c(-c4cccnc4)noc3n2)cc1. The number of pyridine rings is 1. The van der Waals surface area contributed by atoms with Crippen LogP contribution in [0.25, 0.3) is 22.4 Å². The highest BCUT2D eigenvalue weighted by Gasteiger charge is 2.27. The zero-order valence-corrected chi connectivity index (χ0v) is 21.9. The van der Waals surface area contributed by atoms with Crippen LogP contribution in [-0.4, -0.2) is 62.8 Å². The van der Waals surface area contributed by atoms with Crippen LogP contribution in [0.4, 0.5) is 10.6 Å². The Bertz CT molecular complexity index is 1380. The van der Waals surface area contributed by atoms with E-state index in [-0.39, 0.29) is 11.6 Å². The summed E-state index contributed by atoms with van der Waals surface area (Å²) in [6, 6.07) is 12.2. The summed E-state index contributed by atoms with van der Waals surface area (Å²) in [5, 5.41) is 8.22. The third-order valence-corrected chi connectivity index (χ3v) is 6.35. The monoisotopic (exact) mass is 499 g/mol. The van der Waals surface area contributed by atoms with E-state index in [2.05, 4.69) is 51.5 Å². The normalized spacial score (nSPS) is 14.6. The van der Waals surface area contributed by atoms with Crippen LogP contribution in [0.1, 0.15) is 44.1 Å². The standard InChI is InChI=1S/C28H33N7O2/c1-19-8-10-20(11-9-19)17-22-30-25(23-24(33-37-26(23)31-22)21-7-5-12-29-18-21)34-13-6-14-35(16-15-34)27(36)32-28(2,3)4/h5,7-12,18H,6,13-17H2,1-4H3,(H,32,36). The second-order valence-corrected chi connectivity index (χ2v) is 10.6. The predicted octanol–water partition coefficient (Wildman–Crippen LogP) is 4.60. The number of hydrogen-bond acceptors (Lipinski definition) is 7. The minimum absolute atomic E-state index is 0.0386. The van der Waals surface area contributed by atoms with E-state index in [1.165, 1.54) is 5.56 Å². The topological polar surface area (TPSA) is 100 Å². The summed E-state index contributed by atoms with van der Waals surface area (Å²) >= 11 is 0. The van der Waals surface area contributed by atoms with Gasteiger partial charge >= 0.3 is 6.03 Å². The van der Waals surface area contributed by atoms with Crippen molar-refractivity contribution in [1.82, 2.24) is 30.3 Å². The van der Waals surface area contributed by atoms with Crippen LogP contribution in [0.2, 0.25) is 0 Å². The largest absolute Gasteiger partial charge is 0.354 e. The van der Waals surface area contributed by atoms with Gasteiger partial charge in [0, 0.05) is 56.1 Å². The van der Waals surface area contributed by atoms with Crippen molar-refractivity contribution in [3.05, 3.63) is 65.7 Å². The molecule has 37 heavy (non-hydrogen) atoms. The van der Waals surface area contributed by atoms with Gasteiger partial charge in [-0.1, -0.05) is 35.0 Å². The van der Waals surface area contributed by atoms with Crippen LogP contribution >= 0.6 is 0 Å². The summed E-state index contributed by atoms with van der Waals surface area (Å²) < 4.78 is 5.75. The molecule has 9 heteroatoms. The molecule has 2 amide bonds. The minimum Gasteiger partial charge on any atom is -0.354 e. The molecule has 0 aliphatic carbocycles. The van der Waals surface area contributed by atoms with Gasteiger partial charge in [-0.3, -0.25) is 4.98 Å². The van der Waals surface area contributed by atoms with Crippen LogP contribution < -0.4 is 10.2 Å². The average molecular weight is 500 g/mol. The summed E-state index contributed by atoms with van der Waals surface area (Å²) in [6.07, 6.45) is 4.90. The number of aryl methyl sites for hydroxylation is 1. The Labute approximate surface area is 216 Å². The van der Waals surface area contributed by atoms with E-state index in [0.29, 0.717) is 43.3 Å². The van der Waals surface area contributed by atoms with Crippen molar-refractivity contribution in [2.75, 3.05) is 31.1 Å². The molecule has 1 aliphatic heterocycles. The molecular formula is C28H33N7O2. The fourth-order valence-corrected chi connectivity index (χ4v) is 4.51. The molecule has 0 saturated carbocycles. The number of amides is 2. The molecule has 0 bridgehead atoms. The number of aromatic nitrogens is 4. The number of nitrogens with zero attached hydrogens (tertiary/aromatic N) is 6. The highest BCUT2D eigenvalue weighted by atomic mass is 16.5. The zero-order valence-electron chi connectivity index (χ0n) is 21.9. The van der Waals surface area contributed by atoms with Crippen molar-refractivity contribution in [3.8, 4) is 11.3 Å². The first-order chi connectivity index (χ1) is 17.8. The van der Waals surface area contributed by atoms with Gasteiger partial charge < -0.3 is 19.6 Å². The molecule has 4 heterocycles. The first kappa shape index (κ1) is 24.7. The number of carbonyl (C=O) groups is 1. The van der Waals surface area contributed by atoms with Gasteiger partial charge in [-0.2, -0.15) is 4.98 Å². The maximum Gasteiger partial charge on any atom is 0.317 e. The Morgan fingerprint density at radius 3 is 2.59 bits per heavy atom. The van der Waals surface area contributed by atoms with E-state index in [4.69, 9.17) is 14.5 Å². The smallest absolute Gasteiger partial charge is 0.317 e. The van der Waals surface area contributed by atoms with Gasteiger partial charge in [-0.05, 0) is 51.8 Å². The Kier molecular flexibility index (Phi) is 6.78. The Morgan fingerprint density at radius 2 is 1.86 bits per heavy atom. The molecular weight excluding hydrogens is 466 g/mol. The van der Waals surface area contributed by atoms with E-state index < -0.39 is 0 Å². The first-order valence-corrected chi connectivity index (χ1v) is 12.7. The van der Waals surface area contributed by atoms with Crippen molar-refractivity contribution in [2.24, 2.45) is 0 Å². The van der Waals surface area contributed by atoms with Gasteiger partial charge in [0.1, 0.15) is 22.7 Å². The van der Waals surface area contributed by atoms with E-state index in [9.17, 15) is 4.79 Å². The second kappa shape index (κ2) is 10.2. The number of urea groups is 1. The minimum atomic E-state index is -0.284. The molecule has 0 unspecified atom stereocenters. The molecule has 1 saturated heterocycles. The second-order valence-electron chi connectivity index (χ2n) is 10.6. The van der Waals surface area contributed by atoms with E-state index in [0.717, 1.165) is 35.3 Å². The quantitative estimate of drug-likeness (QED) is 0.438. The maximum absolute atomic E-state index is 12.8.